The Kier molecular flexibility index (Phi) is 9.37. The van der Waals surface area contributed by atoms with Crippen LogP contribution >= 0.6 is 11.6 Å². The molecule has 2 N–H and O–H groups in total. The zero-order valence-corrected chi connectivity index (χ0v) is 13.5. The van der Waals surface area contributed by atoms with Crippen molar-refractivity contribution in [2.75, 3.05) is 58.6 Å². The first-order valence-corrected chi connectivity index (χ1v) is 7.44. The second-order valence-electron chi connectivity index (χ2n) is 4.62. The van der Waals surface area contributed by atoms with Crippen molar-refractivity contribution >= 4 is 17.3 Å². The van der Waals surface area contributed by atoms with Gasteiger partial charge in [-0.05, 0) is 11.6 Å². The van der Waals surface area contributed by atoms with Crippen molar-refractivity contribution in [3.05, 3.63) is 28.8 Å². The lowest BCUT2D eigenvalue weighted by molar-refractivity contribution is 0.199. The van der Waals surface area contributed by atoms with Crippen LogP contribution in [-0.4, -0.2) is 58.8 Å². The molecule has 0 aliphatic heterocycles. The van der Waals surface area contributed by atoms with Crippen molar-refractivity contribution in [1.29, 1.82) is 0 Å². The molecule has 0 saturated carbocycles. The number of hydrogen-bond acceptors (Lipinski definition) is 5. The van der Waals surface area contributed by atoms with Crippen LogP contribution in [0.3, 0.4) is 0 Å². The Morgan fingerprint density at radius 2 is 1.95 bits per heavy atom. The van der Waals surface area contributed by atoms with Gasteiger partial charge in [-0.2, -0.15) is 0 Å². The van der Waals surface area contributed by atoms with E-state index in [1.54, 1.807) is 14.2 Å². The maximum Gasteiger partial charge on any atom is 0.0642 e. The maximum atomic E-state index is 9.27. The highest BCUT2D eigenvalue weighted by molar-refractivity contribution is 6.33. The number of rotatable bonds is 11. The highest BCUT2D eigenvalue weighted by Crippen LogP contribution is 2.29. The van der Waals surface area contributed by atoms with E-state index >= 15 is 0 Å². The van der Waals surface area contributed by atoms with Crippen molar-refractivity contribution in [1.82, 2.24) is 5.32 Å². The molecule has 21 heavy (non-hydrogen) atoms. The average Bonchev–Trinajstić information content (AvgIpc) is 2.48. The van der Waals surface area contributed by atoms with Crippen molar-refractivity contribution < 1.29 is 14.6 Å². The van der Waals surface area contributed by atoms with Gasteiger partial charge in [-0.15, -0.1) is 0 Å². The van der Waals surface area contributed by atoms with Crippen LogP contribution < -0.4 is 10.2 Å². The first-order chi connectivity index (χ1) is 10.2. The number of hydrogen-bond donors (Lipinski definition) is 2. The topological polar surface area (TPSA) is 54.0 Å². The molecule has 0 aliphatic rings. The van der Waals surface area contributed by atoms with Crippen LogP contribution in [-0.2, 0) is 16.0 Å². The van der Waals surface area contributed by atoms with Gasteiger partial charge in [0.05, 0.1) is 30.5 Å². The van der Waals surface area contributed by atoms with Crippen molar-refractivity contribution in [2.45, 2.75) is 6.54 Å². The van der Waals surface area contributed by atoms with E-state index in [0.717, 1.165) is 17.8 Å². The molecule has 0 radical (unpaired) electrons. The van der Waals surface area contributed by atoms with Gasteiger partial charge >= 0.3 is 0 Å². The first-order valence-electron chi connectivity index (χ1n) is 7.06. The van der Waals surface area contributed by atoms with E-state index in [1.807, 2.05) is 18.2 Å². The fourth-order valence-corrected chi connectivity index (χ4v) is 2.43. The summed E-state index contributed by atoms with van der Waals surface area (Å²) in [5.74, 6) is 0. The summed E-state index contributed by atoms with van der Waals surface area (Å²) in [6, 6.07) is 5.84. The highest BCUT2D eigenvalue weighted by Gasteiger charge is 2.14. The van der Waals surface area contributed by atoms with Crippen LogP contribution in [0, 0.1) is 0 Å². The van der Waals surface area contributed by atoms with Gasteiger partial charge in [0, 0.05) is 40.4 Å². The lowest BCUT2D eigenvalue weighted by Gasteiger charge is -2.27. The van der Waals surface area contributed by atoms with Crippen LogP contribution in [0.5, 0.6) is 0 Å². The number of ether oxygens (including phenoxy) is 2. The van der Waals surface area contributed by atoms with Gasteiger partial charge in [-0.1, -0.05) is 23.7 Å². The van der Waals surface area contributed by atoms with Gasteiger partial charge in [0.25, 0.3) is 0 Å². The molecule has 0 aliphatic carbocycles. The minimum absolute atomic E-state index is 0.0749. The summed E-state index contributed by atoms with van der Waals surface area (Å²) in [6.45, 7) is 4.02. The second-order valence-corrected chi connectivity index (χ2v) is 5.03. The standard InChI is InChI=1S/C15H25ClN2O3/c1-20-10-6-17-12-13-4-3-5-14(16)15(13)18(7-9-19)8-11-21-2/h3-5,17,19H,6-12H2,1-2H3. The fourth-order valence-electron chi connectivity index (χ4n) is 2.11. The second kappa shape index (κ2) is 10.8. The Morgan fingerprint density at radius 3 is 2.62 bits per heavy atom. The van der Waals surface area contributed by atoms with E-state index in [9.17, 15) is 5.11 Å². The third-order valence-corrected chi connectivity index (χ3v) is 3.43. The summed E-state index contributed by atoms with van der Waals surface area (Å²) < 4.78 is 10.2. The summed E-state index contributed by atoms with van der Waals surface area (Å²) in [7, 11) is 3.34. The molecule has 5 nitrogen and oxygen atoms in total. The highest BCUT2D eigenvalue weighted by atomic mass is 35.5. The molecular weight excluding hydrogens is 292 g/mol. The summed E-state index contributed by atoms with van der Waals surface area (Å²) in [4.78, 5) is 2.05. The molecule has 0 fully saturated rings. The monoisotopic (exact) mass is 316 g/mol. The molecule has 1 rings (SSSR count). The Labute approximate surface area is 131 Å². The molecule has 120 valence electrons. The summed E-state index contributed by atoms with van der Waals surface area (Å²) in [5.41, 5.74) is 2.05. The maximum absolute atomic E-state index is 9.27. The molecular formula is C15H25ClN2O3. The van der Waals surface area contributed by atoms with Crippen LogP contribution in [0.25, 0.3) is 0 Å². The molecule has 0 heterocycles. The molecule has 0 amide bonds. The van der Waals surface area contributed by atoms with Gasteiger partial charge in [0.15, 0.2) is 0 Å². The Balaban J connectivity index is 2.84. The first kappa shape index (κ1) is 18.2. The SMILES string of the molecule is COCCNCc1cccc(Cl)c1N(CCO)CCOC. The van der Waals surface area contributed by atoms with E-state index in [0.29, 0.717) is 37.9 Å². The van der Waals surface area contributed by atoms with Gasteiger partial charge in [0.2, 0.25) is 0 Å². The molecule has 0 saturated heterocycles. The van der Waals surface area contributed by atoms with Gasteiger partial charge < -0.3 is 24.8 Å². The number of para-hydroxylation sites is 1. The van der Waals surface area contributed by atoms with Crippen LogP contribution in [0.2, 0.25) is 5.02 Å². The molecule has 1 aromatic rings. The number of methoxy groups -OCH3 is 2. The lowest BCUT2D eigenvalue weighted by atomic mass is 10.1. The number of anilines is 1. The third kappa shape index (κ3) is 6.20. The smallest absolute Gasteiger partial charge is 0.0642 e. The molecule has 1 aromatic carbocycles. The number of nitrogens with zero attached hydrogens (tertiary/aromatic N) is 1. The summed E-state index contributed by atoms with van der Waals surface area (Å²) >= 11 is 6.36. The van der Waals surface area contributed by atoms with Gasteiger partial charge in [0.1, 0.15) is 0 Å². The lowest BCUT2D eigenvalue weighted by Crippen LogP contribution is -2.32. The quantitative estimate of drug-likeness (QED) is 0.606. The van der Waals surface area contributed by atoms with Crippen LogP contribution in [0.1, 0.15) is 5.56 Å². The molecule has 0 spiro atoms. The van der Waals surface area contributed by atoms with E-state index in [2.05, 4.69) is 10.2 Å². The Bertz CT molecular complexity index is 405. The van der Waals surface area contributed by atoms with E-state index in [-0.39, 0.29) is 6.61 Å². The van der Waals surface area contributed by atoms with E-state index in [4.69, 9.17) is 21.1 Å². The third-order valence-electron chi connectivity index (χ3n) is 3.12. The number of aliphatic hydroxyl groups is 1. The van der Waals surface area contributed by atoms with E-state index < -0.39 is 0 Å². The van der Waals surface area contributed by atoms with Crippen LogP contribution in [0.15, 0.2) is 18.2 Å². The largest absolute Gasteiger partial charge is 0.395 e. The zero-order chi connectivity index (χ0) is 15.5. The normalized spacial score (nSPS) is 10.9. The summed E-state index contributed by atoms with van der Waals surface area (Å²) in [5, 5.41) is 13.3. The molecule has 0 unspecified atom stereocenters. The summed E-state index contributed by atoms with van der Waals surface area (Å²) in [6.07, 6.45) is 0. The van der Waals surface area contributed by atoms with Crippen LogP contribution in [0.4, 0.5) is 5.69 Å². The average molecular weight is 317 g/mol. The predicted molar refractivity (Wildman–Crippen MR) is 86.2 cm³/mol. The minimum Gasteiger partial charge on any atom is -0.395 e. The molecule has 0 aromatic heterocycles. The van der Waals surface area contributed by atoms with Gasteiger partial charge in [-0.25, -0.2) is 0 Å². The zero-order valence-electron chi connectivity index (χ0n) is 12.8. The van der Waals surface area contributed by atoms with E-state index in [1.165, 1.54) is 0 Å². The minimum atomic E-state index is 0.0749. The van der Waals surface area contributed by atoms with Crippen molar-refractivity contribution in [3.63, 3.8) is 0 Å². The number of aliphatic hydroxyl groups excluding tert-OH is 1. The number of nitrogens with one attached hydrogen (secondary N) is 1. The Morgan fingerprint density at radius 1 is 1.19 bits per heavy atom. The number of benzene rings is 1. The molecule has 0 atom stereocenters. The van der Waals surface area contributed by atoms with Crippen molar-refractivity contribution in [2.24, 2.45) is 0 Å². The predicted octanol–water partition coefficient (Wildman–Crippen LogP) is 1.52. The Hall–Kier alpha value is -0.850. The van der Waals surface area contributed by atoms with Gasteiger partial charge in [-0.3, -0.25) is 0 Å². The fraction of sp³-hybridized carbons (Fsp3) is 0.600. The molecule has 6 heteroatoms. The van der Waals surface area contributed by atoms with Crippen molar-refractivity contribution in [3.8, 4) is 0 Å². The molecule has 0 bridgehead atoms. The number of halogens is 1.